The Balaban J connectivity index is 2.05. The number of benzene rings is 2. The first-order valence-electron chi connectivity index (χ1n) is 9.18. The summed E-state index contributed by atoms with van der Waals surface area (Å²) in [5.74, 6) is -1.13. The molecule has 2 aromatic rings. The Morgan fingerprint density at radius 3 is 2.10 bits per heavy atom. The molecule has 0 aromatic heterocycles. The van der Waals surface area contributed by atoms with E-state index in [9.17, 15) is 23.1 Å². The molecule has 0 spiro atoms. The van der Waals surface area contributed by atoms with E-state index in [0.717, 1.165) is 5.56 Å². The van der Waals surface area contributed by atoms with E-state index in [2.05, 4.69) is 5.32 Å². The van der Waals surface area contributed by atoms with Crippen LogP contribution in [0.2, 0.25) is 0 Å². The van der Waals surface area contributed by atoms with E-state index in [4.69, 9.17) is 8.92 Å². The molecule has 2 rings (SSSR count). The number of carbonyl (C=O) groups is 2. The van der Waals surface area contributed by atoms with Crippen LogP contribution in [0.5, 0.6) is 5.75 Å². The average molecular weight is 435 g/mol. The van der Waals surface area contributed by atoms with Gasteiger partial charge < -0.3 is 19.3 Å². The van der Waals surface area contributed by atoms with Gasteiger partial charge in [-0.15, -0.1) is 0 Å². The van der Waals surface area contributed by atoms with Crippen LogP contribution in [-0.4, -0.2) is 37.2 Å². The van der Waals surface area contributed by atoms with Crippen LogP contribution in [0, 0.1) is 6.92 Å². The summed E-state index contributed by atoms with van der Waals surface area (Å²) >= 11 is 0. The topological polar surface area (TPSA) is 119 Å². The number of hydrogen-bond donors (Lipinski definition) is 2. The quantitative estimate of drug-likeness (QED) is 0.641. The molecular weight excluding hydrogens is 410 g/mol. The molecule has 0 bridgehead atoms. The highest BCUT2D eigenvalue weighted by atomic mass is 32.2. The average Bonchev–Trinajstić information content (AvgIpc) is 2.61. The number of aliphatic carboxylic acids is 1. The van der Waals surface area contributed by atoms with E-state index in [1.54, 1.807) is 32.9 Å². The molecule has 0 aliphatic heterocycles. The van der Waals surface area contributed by atoms with Gasteiger partial charge in [0.15, 0.2) is 0 Å². The van der Waals surface area contributed by atoms with Gasteiger partial charge in [0, 0.05) is 6.42 Å². The van der Waals surface area contributed by atoms with Crippen molar-refractivity contribution in [3.63, 3.8) is 0 Å². The number of rotatable bonds is 7. The molecule has 8 nitrogen and oxygen atoms in total. The van der Waals surface area contributed by atoms with Gasteiger partial charge in [-0.05, 0) is 57.5 Å². The van der Waals surface area contributed by atoms with Crippen LogP contribution in [0.3, 0.4) is 0 Å². The molecule has 0 saturated carbocycles. The van der Waals surface area contributed by atoms with Crippen molar-refractivity contribution in [2.24, 2.45) is 0 Å². The molecule has 1 amide bonds. The Morgan fingerprint density at radius 2 is 1.60 bits per heavy atom. The fourth-order valence-corrected chi connectivity index (χ4v) is 3.38. The third-order valence-electron chi connectivity index (χ3n) is 3.87. The largest absolute Gasteiger partial charge is 0.480 e. The second kappa shape index (κ2) is 9.17. The Hall–Kier alpha value is -3.07. The molecule has 0 heterocycles. The lowest BCUT2D eigenvalue weighted by Crippen LogP contribution is -2.44. The summed E-state index contributed by atoms with van der Waals surface area (Å²) in [6.07, 6.45) is -0.849. The highest BCUT2D eigenvalue weighted by molar-refractivity contribution is 7.87. The number of carboxylic acids is 1. The van der Waals surface area contributed by atoms with E-state index >= 15 is 0 Å². The van der Waals surface area contributed by atoms with Crippen LogP contribution in [0.15, 0.2) is 53.4 Å². The summed E-state index contributed by atoms with van der Waals surface area (Å²) in [7, 11) is -3.98. The molecule has 9 heteroatoms. The molecular formula is C21H25NO7S. The molecule has 162 valence electrons. The zero-order chi connectivity index (χ0) is 22.5. The van der Waals surface area contributed by atoms with Crippen molar-refractivity contribution in [1.82, 2.24) is 5.32 Å². The third-order valence-corrected chi connectivity index (χ3v) is 5.13. The third kappa shape index (κ3) is 7.07. The summed E-state index contributed by atoms with van der Waals surface area (Å²) in [5, 5.41) is 11.7. The van der Waals surface area contributed by atoms with Crippen molar-refractivity contribution >= 4 is 22.2 Å². The highest BCUT2D eigenvalue weighted by Crippen LogP contribution is 2.20. The molecule has 1 atom stereocenters. The summed E-state index contributed by atoms with van der Waals surface area (Å²) in [4.78, 5) is 23.3. The van der Waals surface area contributed by atoms with Crippen molar-refractivity contribution < 1.29 is 32.0 Å². The molecule has 30 heavy (non-hydrogen) atoms. The van der Waals surface area contributed by atoms with Crippen molar-refractivity contribution in [2.75, 3.05) is 0 Å². The zero-order valence-corrected chi connectivity index (χ0v) is 18.0. The Kier molecular flexibility index (Phi) is 7.09. The number of carboxylic acid groups (broad SMARTS) is 1. The lowest BCUT2D eigenvalue weighted by Gasteiger charge is -2.22. The summed E-state index contributed by atoms with van der Waals surface area (Å²) < 4.78 is 34.9. The monoisotopic (exact) mass is 435 g/mol. The van der Waals surface area contributed by atoms with Crippen LogP contribution in [0.1, 0.15) is 31.9 Å². The number of hydrogen-bond acceptors (Lipinski definition) is 6. The van der Waals surface area contributed by atoms with Crippen LogP contribution >= 0.6 is 0 Å². The maximum Gasteiger partial charge on any atom is 0.408 e. The van der Waals surface area contributed by atoms with Gasteiger partial charge in [-0.25, -0.2) is 9.59 Å². The van der Waals surface area contributed by atoms with Gasteiger partial charge in [-0.1, -0.05) is 29.8 Å². The number of aryl methyl sites for hydroxylation is 1. The molecule has 0 aliphatic carbocycles. The SMILES string of the molecule is Cc1ccc(S(=O)(=O)Oc2ccc(CC(NC(=O)OC(C)(C)C)C(=O)O)cc2)cc1. The van der Waals surface area contributed by atoms with E-state index < -0.39 is 33.8 Å². The number of carbonyl (C=O) groups excluding carboxylic acids is 1. The standard InChI is InChI=1S/C21H25NO7S/c1-14-5-11-17(12-6-14)30(26,27)29-16-9-7-15(8-10-16)13-18(19(23)24)22-20(25)28-21(2,3)4/h5-12,18H,13H2,1-4H3,(H,22,25)(H,23,24). The number of amides is 1. The molecule has 1 unspecified atom stereocenters. The number of nitrogens with one attached hydrogen (secondary N) is 1. The van der Waals surface area contributed by atoms with Gasteiger partial charge in [-0.2, -0.15) is 8.42 Å². The van der Waals surface area contributed by atoms with Gasteiger partial charge in [0.05, 0.1) is 0 Å². The van der Waals surface area contributed by atoms with E-state index in [0.29, 0.717) is 5.56 Å². The maximum absolute atomic E-state index is 12.3. The first kappa shape index (κ1) is 23.2. The van der Waals surface area contributed by atoms with Gasteiger partial charge in [-0.3, -0.25) is 0 Å². The Bertz CT molecular complexity index is 991. The predicted molar refractivity (Wildman–Crippen MR) is 110 cm³/mol. The van der Waals surface area contributed by atoms with Crippen LogP contribution < -0.4 is 9.50 Å². The van der Waals surface area contributed by atoms with Crippen LogP contribution in [0.25, 0.3) is 0 Å². The molecule has 0 fully saturated rings. The summed E-state index contributed by atoms with van der Waals surface area (Å²) in [5.41, 5.74) is 0.736. The van der Waals surface area contributed by atoms with Crippen LogP contribution in [-0.2, 0) is 26.1 Å². The number of alkyl carbamates (subject to hydrolysis) is 1. The van der Waals surface area contributed by atoms with Gasteiger partial charge >= 0.3 is 22.2 Å². The lowest BCUT2D eigenvalue weighted by molar-refractivity contribution is -0.139. The van der Waals surface area contributed by atoms with E-state index in [1.165, 1.54) is 36.4 Å². The van der Waals surface area contributed by atoms with Crippen LogP contribution in [0.4, 0.5) is 4.79 Å². The molecule has 2 N–H and O–H groups in total. The Labute approximate surface area is 176 Å². The van der Waals surface area contributed by atoms with Gasteiger partial charge in [0.1, 0.15) is 22.3 Å². The van der Waals surface area contributed by atoms with E-state index in [-0.39, 0.29) is 17.1 Å². The fraction of sp³-hybridized carbons (Fsp3) is 0.333. The minimum atomic E-state index is -3.98. The van der Waals surface area contributed by atoms with Crippen molar-refractivity contribution in [3.05, 3.63) is 59.7 Å². The first-order chi connectivity index (χ1) is 13.9. The maximum atomic E-state index is 12.3. The second-order valence-corrected chi connectivity index (χ2v) is 9.28. The second-order valence-electron chi connectivity index (χ2n) is 7.74. The first-order valence-corrected chi connectivity index (χ1v) is 10.6. The van der Waals surface area contributed by atoms with Crippen molar-refractivity contribution in [2.45, 2.75) is 50.7 Å². The fourth-order valence-electron chi connectivity index (χ4n) is 2.45. The lowest BCUT2D eigenvalue weighted by atomic mass is 10.1. The normalized spacial score (nSPS) is 12.7. The molecule has 0 aliphatic rings. The minimum Gasteiger partial charge on any atom is -0.480 e. The zero-order valence-electron chi connectivity index (χ0n) is 17.2. The summed E-state index contributed by atoms with van der Waals surface area (Å²) in [6.45, 7) is 6.86. The highest BCUT2D eigenvalue weighted by Gasteiger charge is 2.24. The molecule has 0 radical (unpaired) electrons. The molecule has 2 aromatic carbocycles. The van der Waals surface area contributed by atoms with Gasteiger partial charge in [0.2, 0.25) is 0 Å². The number of ether oxygens (including phenoxy) is 1. The van der Waals surface area contributed by atoms with Crippen molar-refractivity contribution in [1.29, 1.82) is 0 Å². The van der Waals surface area contributed by atoms with Crippen molar-refractivity contribution in [3.8, 4) is 5.75 Å². The smallest absolute Gasteiger partial charge is 0.408 e. The van der Waals surface area contributed by atoms with Gasteiger partial charge in [0.25, 0.3) is 0 Å². The minimum absolute atomic E-state index is 0.0143. The Morgan fingerprint density at radius 1 is 1.03 bits per heavy atom. The van der Waals surface area contributed by atoms with E-state index in [1.807, 2.05) is 6.92 Å². The molecule has 0 saturated heterocycles. The predicted octanol–water partition coefficient (Wildman–Crippen LogP) is 3.28. The summed E-state index contributed by atoms with van der Waals surface area (Å²) in [6, 6.07) is 11.0.